The molecule has 1 N–H and O–H groups in total. The number of hydrogen-bond donors (Lipinski definition) is 1. The van der Waals surface area contributed by atoms with Gasteiger partial charge in [-0.3, -0.25) is 0 Å². The van der Waals surface area contributed by atoms with Gasteiger partial charge in [-0.2, -0.15) is 11.8 Å². The molecule has 108 valence electrons. The molecule has 19 heavy (non-hydrogen) atoms. The smallest absolute Gasteiger partial charge is 0.0212 e. The van der Waals surface area contributed by atoms with Crippen molar-refractivity contribution >= 4 is 11.8 Å². The van der Waals surface area contributed by atoms with Gasteiger partial charge in [0.25, 0.3) is 0 Å². The zero-order valence-corrected chi connectivity index (χ0v) is 13.3. The van der Waals surface area contributed by atoms with Gasteiger partial charge in [-0.1, -0.05) is 13.8 Å². The Kier molecular flexibility index (Phi) is 3.19. The van der Waals surface area contributed by atoms with E-state index in [0.717, 1.165) is 35.8 Å². The maximum atomic E-state index is 4.17. The summed E-state index contributed by atoms with van der Waals surface area (Å²) in [5.74, 6) is 6.98. The van der Waals surface area contributed by atoms with Crippen LogP contribution >= 0.6 is 11.8 Å². The summed E-state index contributed by atoms with van der Waals surface area (Å²) in [5.41, 5.74) is 0.514. The summed E-state index contributed by atoms with van der Waals surface area (Å²) >= 11 is 2.17. The molecule has 4 aliphatic carbocycles. The molecule has 5 rings (SSSR count). The van der Waals surface area contributed by atoms with Crippen LogP contribution in [0.4, 0.5) is 0 Å². The Morgan fingerprint density at radius 3 is 2.16 bits per heavy atom. The van der Waals surface area contributed by atoms with Crippen LogP contribution in [0, 0.1) is 29.1 Å². The third-order valence-corrected chi connectivity index (χ3v) is 7.80. The molecule has 2 heteroatoms. The molecule has 1 nitrogen and oxygen atoms in total. The van der Waals surface area contributed by atoms with Crippen LogP contribution < -0.4 is 5.32 Å². The van der Waals surface area contributed by atoms with Crippen LogP contribution in [0.25, 0.3) is 0 Å². The van der Waals surface area contributed by atoms with Crippen LogP contribution in [0.15, 0.2) is 0 Å². The van der Waals surface area contributed by atoms with E-state index in [4.69, 9.17) is 0 Å². The predicted molar refractivity (Wildman–Crippen MR) is 83.5 cm³/mol. The molecule has 1 aliphatic heterocycles. The van der Waals surface area contributed by atoms with Gasteiger partial charge in [0.1, 0.15) is 0 Å². The average molecular weight is 279 g/mol. The summed E-state index contributed by atoms with van der Waals surface area (Å²) in [6.45, 7) is 4.97. The lowest BCUT2D eigenvalue weighted by molar-refractivity contribution is -0.0226. The molecule has 0 aromatic carbocycles. The highest BCUT2D eigenvalue weighted by atomic mass is 32.2. The molecule has 5 fully saturated rings. The Morgan fingerprint density at radius 1 is 0.947 bits per heavy atom. The highest BCUT2D eigenvalue weighted by Gasteiger charge is 2.49. The van der Waals surface area contributed by atoms with E-state index in [1.165, 1.54) is 17.9 Å². The Morgan fingerprint density at radius 2 is 1.58 bits per heavy atom. The minimum Gasteiger partial charge on any atom is -0.309 e. The van der Waals surface area contributed by atoms with Crippen LogP contribution in [0.5, 0.6) is 0 Å². The number of rotatable bonds is 2. The first-order chi connectivity index (χ1) is 9.12. The molecule has 4 saturated carbocycles. The van der Waals surface area contributed by atoms with Gasteiger partial charge in [0.05, 0.1) is 0 Å². The molecule has 1 heterocycles. The van der Waals surface area contributed by atoms with Crippen molar-refractivity contribution in [3.63, 3.8) is 0 Å². The van der Waals surface area contributed by atoms with Crippen molar-refractivity contribution in [2.45, 2.75) is 64.5 Å². The summed E-state index contributed by atoms with van der Waals surface area (Å²) in [6.07, 6.45) is 9.15. The summed E-state index contributed by atoms with van der Waals surface area (Å²) in [5, 5.41) is 4.17. The van der Waals surface area contributed by atoms with Gasteiger partial charge >= 0.3 is 0 Å². The van der Waals surface area contributed by atoms with Gasteiger partial charge in [0.15, 0.2) is 0 Å². The SMILES string of the molecule is CC1(C)CCSCC1NC1C2CC3CC(C2)CC1C3. The first kappa shape index (κ1) is 13.0. The molecule has 4 bridgehead atoms. The van der Waals surface area contributed by atoms with Crippen molar-refractivity contribution in [3.05, 3.63) is 0 Å². The fourth-order valence-electron chi connectivity index (χ4n) is 5.64. The van der Waals surface area contributed by atoms with Crippen LogP contribution in [-0.2, 0) is 0 Å². The van der Waals surface area contributed by atoms with Crippen molar-refractivity contribution in [1.82, 2.24) is 5.32 Å². The highest BCUT2D eigenvalue weighted by Crippen LogP contribution is 2.54. The van der Waals surface area contributed by atoms with E-state index in [1.54, 1.807) is 32.1 Å². The van der Waals surface area contributed by atoms with E-state index in [1.807, 2.05) is 0 Å². The topological polar surface area (TPSA) is 12.0 Å². The van der Waals surface area contributed by atoms with Crippen LogP contribution in [-0.4, -0.2) is 23.6 Å². The first-order valence-corrected chi connectivity index (χ1v) is 9.61. The van der Waals surface area contributed by atoms with Crippen LogP contribution in [0.3, 0.4) is 0 Å². The quantitative estimate of drug-likeness (QED) is 0.822. The fourth-order valence-corrected chi connectivity index (χ4v) is 7.26. The Balaban J connectivity index is 1.48. The highest BCUT2D eigenvalue weighted by molar-refractivity contribution is 7.99. The average Bonchev–Trinajstić information content (AvgIpc) is 2.34. The molecule has 1 saturated heterocycles. The zero-order chi connectivity index (χ0) is 13.0. The summed E-state index contributed by atoms with van der Waals surface area (Å²) in [7, 11) is 0. The van der Waals surface area contributed by atoms with Gasteiger partial charge in [-0.15, -0.1) is 0 Å². The van der Waals surface area contributed by atoms with E-state index in [9.17, 15) is 0 Å². The molecule has 0 amide bonds. The molecule has 0 radical (unpaired) electrons. The zero-order valence-electron chi connectivity index (χ0n) is 12.5. The molecule has 1 atom stereocenters. The minimum absolute atomic E-state index is 0.514. The van der Waals surface area contributed by atoms with Gasteiger partial charge in [-0.05, 0) is 73.4 Å². The Hall–Kier alpha value is 0.310. The summed E-state index contributed by atoms with van der Waals surface area (Å²) < 4.78 is 0. The Labute approximate surface area is 122 Å². The maximum Gasteiger partial charge on any atom is 0.0212 e. The molecule has 0 spiro atoms. The number of thioether (sulfide) groups is 1. The van der Waals surface area contributed by atoms with Crippen LogP contribution in [0.1, 0.15) is 52.4 Å². The molecule has 1 unspecified atom stereocenters. The number of hydrogen-bond acceptors (Lipinski definition) is 2. The summed E-state index contributed by atoms with van der Waals surface area (Å²) in [6, 6.07) is 1.63. The molecule has 5 aliphatic rings. The second-order valence-electron chi connectivity index (χ2n) is 8.49. The maximum absolute atomic E-state index is 4.17. The second-order valence-corrected chi connectivity index (χ2v) is 9.64. The van der Waals surface area contributed by atoms with Gasteiger partial charge in [-0.25, -0.2) is 0 Å². The molecular weight excluding hydrogens is 250 g/mol. The van der Waals surface area contributed by atoms with Crippen molar-refractivity contribution in [3.8, 4) is 0 Å². The van der Waals surface area contributed by atoms with Gasteiger partial charge in [0.2, 0.25) is 0 Å². The minimum atomic E-state index is 0.514. The van der Waals surface area contributed by atoms with Crippen molar-refractivity contribution in [1.29, 1.82) is 0 Å². The van der Waals surface area contributed by atoms with Gasteiger partial charge in [0, 0.05) is 17.8 Å². The third-order valence-electron chi connectivity index (χ3n) is 6.74. The first-order valence-electron chi connectivity index (χ1n) is 8.45. The fraction of sp³-hybridized carbons (Fsp3) is 1.00. The van der Waals surface area contributed by atoms with E-state index < -0.39 is 0 Å². The molecular formula is C17H29NS. The van der Waals surface area contributed by atoms with Crippen LogP contribution in [0.2, 0.25) is 0 Å². The lowest BCUT2D eigenvalue weighted by Gasteiger charge is -2.56. The normalized spacial score (nSPS) is 51.5. The lowest BCUT2D eigenvalue weighted by Crippen LogP contribution is -2.60. The predicted octanol–water partition coefficient (Wildman–Crippen LogP) is 3.93. The van der Waals surface area contributed by atoms with E-state index in [0.29, 0.717) is 5.41 Å². The molecule has 0 aromatic rings. The number of nitrogens with one attached hydrogen (secondary N) is 1. The Bertz CT molecular complexity index is 323. The largest absolute Gasteiger partial charge is 0.309 e. The lowest BCUT2D eigenvalue weighted by atomic mass is 9.54. The molecule has 0 aromatic heterocycles. The van der Waals surface area contributed by atoms with E-state index in [-0.39, 0.29) is 0 Å². The summed E-state index contributed by atoms with van der Waals surface area (Å²) in [4.78, 5) is 0. The second kappa shape index (κ2) is 4.66. The van der Waals surface area contributed by atoms with Gasteiger partial charge < -0.3 is 5.32 Å². The van der Waals surface area contributed by atoms with Crippen molar-refractivity contribution in [2.24, 2.45) is 29.1 Å². The third kappa shape index (κ3) is 2.27. The van der Waals surface area contributed by atoms with E-state index in [2.05, 4.69) is 30.9 Å². The van der Waals surface area contributed by atoms with E-state index >= 15 is 0 Å². The van der Waals surface area contributed by atoms with Crippen molar-refractivity contribution < 1.29 is 0 Å². The standard InChI is InChI=1S/C17H29NS/c1-17(2)3-4-19-10-15(17)18-16-13-6-11-5-12(8-13)9-14(16)7-11/h11-16,18H,3-10H2,1-2H3. The monoisotopic (exact) mass is 279 g/mol. The van der Waals surface area contributed by atoms with Crippen molar-refractivity contribution in [2.75, 3.05) is 11.5 Å².